The lowest BCUT2D eigenvalue weighted by molar-refractivity contribution is -0.122. The standard InChI is InChI=1S/C15H19N3O4S/c1-22-10-4-2-5-11(8-10)23-9-13(19)17-15(21)18-7-3-6-12(18)14(16)20/h2,4-5,8,12H,3,6-7,9H2,1H3,(H2,16,20)(H,17,19,21)/t12-/m1/s1. The van der Waals surface area contributed by atoms with Crippen molar-refractivity contribution in [3.05, 3.63) is 24.3 Å². The third-order valence-corrected chi connectivity index (χ3v) is 4.49. The number of imide groups is 1. The minimum Gasteiger partial charge on any atom is -0.497 e. The van der Waals surface area contributed by atoms with E-state index < -0.39 is 23.9 Å². The number of nitrogens with one attached hydrogen (secondary N) is 1. The van der Waals surface area contributed by atoms with Gasteiger partial charge in [0.2, 0.25) is 11.8 Å². The van der Waals surface area contributed by atoms with Gasteiger partial charge in [-0.3, -0.25) is 14.9 Å². The van der Waals surface area contributed by atoms with Crippen LogP contribution in [0.1, 0.15) is 12.8 Å². The van der Waals surface area contributed by atoms with Crippen LogP contribution in [0.5, 0.6) is 5.75 Å². The van der Waals surface area contributed by atoms with E-state index in [2.05, 4.69) is 5.32 Å². The molecule has 1 fully saturated rings. The van der Waals surface area contributed by atoms with Crippen LogP contribution in [-0.4, -0.2) is 48.2 Å². The number of primary amides is 1. The molecule has 0 unspecified atom stereocenters. The van der Waals surface area contributed by atoms with Crippen LogP contribution >= 0.6 is 11.8 Å². The SMILES string of the molecule is COc1cccc(SCC(=O)NC(=O)N2CCC[C@@H]2C(N)=O)c1. The summed E-state index contributed by atoms with van der Waals surface area (Å²) in [6.45, 7) is 0.426. The molecule has 0 saturated carbocycles. The van der Waals surface area contributed by atoms with E-state index in [4.69, 9.17) is 10.5 Å². The highest BCUT2D eigenvalue weighted by molar-refractivity contribution is 8.00. The Hall–Kier alpha value is -2.22. The zero-order chi connectivity index (χ0) is 16.8. The van der Waals surface area contributed by atoms with Crippen LogP contribution in [0, 0.1) is 0 Å². The first-order valence-electron chi connectivity index (χ1n) is 7.18. The number of ether oxygens (including phenoxy) is 1. The molecule has 1 saturated heterocycles. The van der Waals surface area contributed by atoms with E-state index in [-0.39, 0.29) is 5.75 Å². The number of amides is 4. The maximum Gasteiger partial charge on any atom is 0.324 e. The van der Waals surface area contributed by atoms with Crippen molar-refractivity contribution in [2.24, 2.45) is 5.73 Å². The summed E-state index contributed by atoms with van der Waals surface area (Å²) in [4.78, 5) is 37.4. The van der Waals surface area contributed by atoms with Gasteiger partial charge in [0.15, 0.2) is 0 Å². The first kappa shape index (κ1) is 17.1. The highest BCUT2D eigenvalue weighted by Crippen LogP contribution is 2.22. The Labute approximate surface area is 138 Å². The van der Waals surface area contributed by atoms with E-state index >= 15 is 0 Å². The molecule has 1 aromatic carbocycles. The Morgan fingerprint density at radius 1 is 1.43 bits per heavy atom. The number of hydrogen-bond acceptors (Lipinski definition) is 5. The average molecular weight is 337 g/mol. The zero-order valence-corrected chi connectivity index (χ0v) is 13.6. The Morgan fingerprint density at radius 2 is 2.22 bits per heavy atom. The van der Waals surface area contributed by atoms with E-state index in [1.165, 1.54) is 16.7 Å². The van der Waals surface area contributed by atoms with E-state index in [9.17, 15) is 14.4 Å². The van der Waals surface area contributed by atoms with E-state index in [1.807, 2.05) is 24.3 Å². The maximum atomic E-state index is 12.0. The summed E-state index contributed by atoms with van der Waals surface area (Å²) in [6, 6.07) is 6.10. The van der Waals surface area contributed by atoms with Crippen molar-refractivity contribution in [1.82, 2.24) is 10.2 Å². The lowest BCUT2D eigenvalue weighted by Crippen LogP contribution is -2.49. The molecule has 0 bridgehead atoms. The molecule has 8 heteroatoms. The summed E-state index contributed by atoms with van der Waals surface area (Å²) in [5.74, 6) is -0.171. The number of carbonyl (C=O) groups excluding carboxylic acids is 3. The zero-order valence-electron chi connectivity index (χ0n) is 12.8. The highest BCUT2D eigenvalue weighted by atomic mass is 32.2. The predicted octanol–water partition coefficient (Wildman–Crippen LogP) is 0.973. The van der Waals surface area contributed by atoms with Crippen molar-refractivity contribution in [2.45, 2.75) is 23.8 Å². The van der Waals surface area contributed by atoms with Gasteiger partial charge in [-0.1, -0.05) is 6.07 Å². The molecular weight excluding hydrogens is 318 g/mol. The predicted molar refractivity (Wildman–Crippen MR) is 86.2 cm³/mol. The Bertz CT molecular complexity index is 608. The molecule has 4 amide bonds. The summed E-state index contributed by atoms with van der Waals surface area (Å²) >= 11 is 1.30. The second kappa shape index (κ2) is 7.87. The number of benzene rings is 1. The fraction of sp³-hybridized carbons (Fsp3) is 0.400. The molecule has 0 aliphatic carbocycles. The van der Waals surface area contributed by atoms with E-state index in [0.29, 0.717) is 25.1 Å². The van der Waals surface area contributed by atoms with Gasteiger partial charge >= 0.3 is 6.03 Å². The summed E-state index contributed by atoms with van der Waals surface area (Å²) in [6.07, 6.45) is 1.24. The number of nitrogens with zero attached hydrogens (tertiary/aromatic N) is 1. The summed E-state index contributed by atoms with van der Waals surface area (Å²) < 4.78 is 5.11. The van der Waals surface area contributed by atoms with Crippen molar-refractivity contribution in [3.8, 4) is 5.75 Å². The van der Waals surface area contributed by atoms with E-state index in [0.717, 1.165) is 4.90 Å². The van der Waals surface area contributed by atoms with Crippen LogP contribution in [0.2, 0.25) is 0 Å². The van der Waals surface area contributed by atoms with Crippen molar-refractivity contribution in [1.29, 1.82) is 0 Å². The summed E-state index contributed by atoms with van der Waals surface area (Å²) in [7, 11) is 1.57. The lowest BCUT2D eigenvalue weighted by atomic mass is 10.2. The van der Waals surface area contributed by atoms with Gasteiger partial charge in [-0.15, -0.1) is 11.8 Å². The van der Waals surface area contributed by atoms with Crippen LogP contribution in [0.15, 0.2) is 29.2 Å². The summed E-state index contributed by atoms with van der Waals surface area (Å²) in [5, 5.41) is 2.29. The molecule has 1 heterocycles. The fourth-order valence-corrected chi connectivity index (χ4v) is 3.12. The van der Waals surface area contributed by atoms with Gasteiger partial charge in [0, 0.05) is 11.4 Å². The van der Waals surface area contributed by atoms with Crippen LogP contribution in [0.25, 0.3) is 0 Å². The van der Waals surface area contributed by atoms with Crippen molar-refractivity contribution < 1.29 is 19.1 Å². The van der Waals surface area contributed by atoms with Gasteiger partial charge < -0.3 is 15.4 Å². The van der Waals surface area contributed by atoms with Crippen LogP contribution in [-0.2, 0) is 9.59 Å². The molecule has 7 nitrogen and oxygen atoms in total. The van der Waals surface area contributed by atoms with Crippen molar-refractivity contribution >= 4 is 29.6 Å². The topological polar surface area (TPSA) is 102 Å². The second-order valence-corrected chi connectivity index (χ2v) is 6.12. The molecular formula is C15H19N3O4S. The average Bonchev–Trinajstić information content (AvgIpc) is 3.03. The van der Waals surface area contributed by atoms with Gasteiger partial charge in [0.1, 0.15) is 11.8 Å². The number of rotatable bonds is 5. The molecule has 1 aromatic rings. The number of hydrogen-bond donors (Lipinski definition) is 2. The van der Waals surface area contributed by atoms with Crippen molar-refractivity contribution in [3.63, 3.8) is 0 Å². The second-order valence-electron chi connectivity index (χ2n) is 5.07. The summed E-state index contributed by atoms with van der Waals surface area (Å²) in [5.41, 5.74) is 5.26. The first-order valence-corrected chi connectivity index (χ1v) is 8.16. The smallest absolute Gasteiger partial charge is 0.324 e. The van der Waals surface area contributed by atoms with Crippen LogP contribution < -0.4 is 15.8 Å². The number of carbonyl (C=O) groups is 3. The largest absolute Gasteiger partial charge is 0.497 e. The molecule has 3 N–H and O–H groups in total. The molecule has 1 aliphatic rings. The minimum absolute atomic E-state index is 0.0913. The van der Waals surface area contributed by atoms with E-state index in [1.54, 1.807) is 7.11 Å². The van der Waals surface area contributed by atoms with Crippen LogP contribution in [0.3, 0.4) is 0 Å². The van der Waals surface area contributed by atoms with Gasteiger partial charge in [-0.2, -0.15) is 0 Å². The molecule has 0 radical (unpaired) electrons. The number of likely N-dealkylation sites (tertiary alicyclic amines) is 1. The Kier molecular flexibility index (Phi) is 5.86. The molecule has 124 valence electrons. The van der Waals surface area contributed by atoms with Gasteiger partial charge in [-0.25, -0.2) is 4.79 Å². The number of nitrogens with two attached hydrogens (primary N) is 1. The van der Waals surface area contributed by atoms with Gasteiger partial charge in [0.25, 0.3) is 0 Å². The molecule has 0 aromatic heterocycles. The molecule has 1 aliphatic heterocycles. The quantitative estimate of drug-likeness (QED) is 0.780. The normalized spacial score (nSPS) is 16.9. The number of urea groups is 1. The number of thioether (sulfide) groups is 1. The maximum absolute atomic E-state index is 12.0. The fourth-order valence-electron chi connectivity index (χ4n) is 2.37. The minimum atomic E-state index is -0.631. The third-order valence-electron chi connectivity index (χ3n) is 3.50. The lowest BCUT2D eigenvalue weighted by Gasteiger charge is -2.21. The Balaban J connectivity index is 1.84. The molecule has 23 heavy (non-hydrogen) atoms. The third kappa shape index (κ3) is 4.62. The highest BCUT2D eigenvalue weighted by Gasteiger charge is 2.33. The first-order chi connectivity index (χ1) is 11.0. The van der Waals surface area contributed by atoms with Crippen molar-refractivity contribution in [2.75, 3.05) is 19.4 Å². The molecule has 1 atom stereocenters. The number of methoxy groups -OCH3 is 1. The Morgan fingerprint density at radius 3 is 2.91 bits per heavy atom. The molecule has 0 spiro atoms. The van der Waals surface area contributed by atoms with Gasteiger partial charge in [0.05, 0.1) is 12.9 Å². The van der Waals surface area contributed by atoms with Crippen LogP contribution in [0.4, 0.5) is 4.79 Å². The van der Waals surface area contributed by atoms with Gasteiger partial charge in [-0.05, 0) is 31.0 Å². The molecule has 2 rings (SSSR count). The monoisotopic (exact) mass is 337 g/mol.